The molecule has 8 heteroatoms. The number of ether oxygens (including phenoxy) is 2. The Hall–Kier alpha value is -5.24. The standard InChI is InChI=1S/C29H19N3O5/c1-35-22-13-11-18(12-14-22)27-30-24(29(34)37-27)16-20-17-32(21-8-3-2-4-9-21)31-26(20)23-15-19-7-5-6-10-25(19)36-28(23)33/h2-17H,1H3. The number of esters is 1. The van der Waals surface area contributed by atoms with Crippen LogP contribution >= 0.6 is 0 Å². The number of para-hydroxylation sites is 2. The first-order valence-electron chi connectivity index (χ1n) is 11.4. The molecule has 0 spiro atoms. The molecule has 0 fully saturated rings. The van der Waals surface area contributed by atoms with Gasteiger partial charge in [0.15, 0.2) is 5.70 Å². The van der Waals surface area contributed by atoms with Crippen LogP contribution in [0, 0.1) is 0 Å². The molecule has 0 atom stereocenters. The quantitative estimate of drug-likeness (QED) is 0.196. The van der Waals surface area contributed by atoms with Crippen LogP contribution in [-0.2, 0) is 9.53 Å². The van der Waals surface area contributed by atoms with Crippen molar-refractivity contribution in [3.05, 3.63) is 118 Å². The third-order valence-electron chi connectivity index (χ3n) is 5.91. The number of carbonyl (C=O) groups excluding carboxylic acids is 1. The molecule has 0 N–H and O–H groups in total. The summed E-state index contributed by atoms with van der Waals surface area (Å²) < 4.78 is 17.8. The van der Waals surface area contributed by atoms with Gasteiger partial charge in [-0.1, -0.05) is 36.4 Å². The number of carbonyl (C=O) groups is 1. The zero-order valence-electron chi connectivity index (χ0n) is 19.6. The van der Waals surface area contributed by atoms with E-state index in [1.54, 1.807) is 66.5 Å². The summed E-state index contributed by atoms with van der Waals surface area (Å²) in [5.41, 5.74) is 2.59. The molecule has 37 heavy (non-hydrogen) atoms. The molecule has 0 bridgehead atoms. The second-order valence-electron chi connectivity index (χ2n) is 8.26. The average molecular weight is 489 g/mol. The van der Waals surface area contributed by atoms with E-state index < -0.39 is 11.6 Å². The summed E-state index contributed by atoms with van der Waals surface area (Å²) in [6.07, 6.45) is 3.30. The van der Waals surface area contributed by atoms with E-state index in [0.29, 0.717) is 28.2 Å². The van der Waals surface area contributed by atoms with Gasteiger partial charge in [-0.05, 0) is 54.6 Å². The minimum absolute atomic E-state index is 0.0878. The summed E-state index contributed by atoms with van der Waals surface area (Å²) in [6, 6.07) is 25.5. The third-order valence-corrected chi connectivity index (χ3v) is 5.91. The maximum Gasteiger partial charge on any atom is 0.363 e. The minimum Gasteiger partial charge on any atom is -0.497 e. The van der Waals surface area contributed by atoms with E-state index in [4.69, 9.17) is 13.9 Å². The zero-order valence-corrected chi connectivity index (χ0v) is 19.6. The monoisotopic (exact) mass is 489 g/mol. The topological polar surface area (TPSA) is 95.9 Å². The van der Waals surface area contributed by atoms with Crippen LogP contribution in [0.1, 0.15) is 11.1 Å². The van der Waals surface area contributed by atoms with Crippen LogP contribution in [0.15, 0.2) is 111 Å². The highest BCUT2D eigenvalue weighted by Gasteiger charge is 2.26. The van der Waals surface area contributed by atoms with Crippen molar-refractivity contribution in [1.29, 1.82) is 0 Å². The molecule has 2 aromatic heterocycles. The molecule has 0 radical (unpaired) electrons. The number of methoxy groups -OCH3 is 1. The van der Waals surface area contributed by atoms with Crippen LogP contribution in [0.2, 0.25) is 0 Å². The Morgan fingerprint density at radius 1 is 0.919 bits per heavy atom. The fourth-order valence-electron chi connectivity index (χ4n) is 4.06. The third kappa shape index (κ3) is 4.21. The molecule has 6 rings (SSSR count). The second-order valence-corrected chi connectivity index (χ2v) is 8.26. The Morgan fingerprint density at radius 2 is 1.68 bits per heavy atom. The summed E-state index contributed by atoms with van der Waals surface area (Å²) in [6.45, 7) is 0. The van der Waals surface area contributed by atoms with Gasteiger partial charge in [-0.25, -0.2) is 19.3 Å². The van der Waals surface area contributed by atoms with Crippen LogP contribution < -0.4 is 10.4 Å². The molecular formula is C29H19N3O5. The summed E-state index contributed by atoms with van der Waals surface area (Å²) >= 11 is 0. The van der Waals surface area contributed by atoms with E-state index in [9.17, 15) is 9.59 Å². The molecule has 1 aliphatic rings. The molecule has 3 aromatic carbocycles. The second kappa shape index (κ2) is 9.09. The van der Waals surface area contributed by atoms with E-state index in [-0.39, 0.29) is 17.2 Å². The predicted molar refractivity (Wildman–Crippen MR) is 139 cm³/mol. The maximum absolute atomic E-state index is 13.0. The Bertz CT molecular complexity index is 1760. The molecule has 0 amide bonds. The van der Waals surface area contributed by atoms with Crippen molar-refractivity contribution in [2.24, 2.45) is 4.99 Å². The highest BCUT2D eigenvalue weighted by molar-refractivity contribution is 6.13. The van der Waals surface area contributed by atoms with E-state index >= 15 is 0 Å². The van der Waals surface area contributed by atoms with Crippen molar-refractivity contribution in [1.82, 2.24) is 9.78 Å². The summed E-state index contributed by atoms with van der Waals surface area (Å²) in [5, 5.41) is 5.43. The van der Waals surface area contributed by atoms with Crippen molar-refractivity contribution < 1.29 is 18.7 Å². The van der Waals surface area contributed by atoms with Gasteiger partial charge in [-0.2, -0.15) is 5.10 Å². The first kappa shape index (κ1) is 22.2. The average Bonchev–Trinajstić information content (AvgIpc) is 3.52. The molecule has 8 nitrogen and oxygen atoms in total. The lowest BCUT2D eigenvalue weighted by molar-refractivity contribution is -0.129. The highest BCUT2D eigenvalue weighted by Crippen LogP contribution is 2.28. The summed E-state index contributed by atoms with van der Waals surface area (Å²) in [4.78, 5) is 30.1. The fraction of sp³-hybridized carbons (Fsp3) is 0.0345. The Labute approximate surface area is 210 Å². The van der Waals surface area contributed by atoms with Crippen molar-refractivity contribution >= 4 is 28.9 Å². The minimum atomic E-state index is -0.602. The van der Waals surface area contributed by atoms with Crippen LogP contribution in [0.5, 0.6) is 5.75 Å². The lowest BCUT2D eigenvalue weighted by atomic mass is 10.1. The number of nitrogens with zero attached hydrogens (tertiary/aromatic N) is 3. The molecular weight excluding hydrogens is 470 g/mol. The Kier molecular flexibility index (Phi) is 5.46. The van der Waals surface area contributed by atoms with Gasteiger partial charge in [-0.3, -0.25) is 0 Å². The van der Waals surface area contributed by atoms with Crippen LogP contribution in [-0.4, -0.2) is 28.8 Å². The number of aromatic nitrogens is 2. The van der Waals surface area contributed by atoms with Crippen LogP contribution in [0.25, 0.3) is 34.0 Å². The largest absolute Gasteiger partial charge is 0.497 e. The molecule has 3 heterocycles. The predicted octanol–water partition coefficient (Wildman–Crippen LogP) is 5.00. The van der Waals surface area contributed by atoms with Gasteiger partial charge in [-0.15, -0.1) is 0 Å². The zero-order chi connectivity index (χ0) is 25.4. The number of benzene rings is 3. The highest BCUT2D eigenvalue weighted by atomic mass is 16.6. The van der Waals surface area contributed by atoms with Crippen molar-refractivity contribution in [2.75, 3.05) is 7.11 Å². The molecule has 0 aliphatic carbocycles. The first-order chi connectivity index (χ1) is 18.1. The first-order valence-corrected chi connectivity index (χ1v) is 11.4. The van der Waals surface area contributed by atoms with Gasteiger partial charge < -0.3 is 13.9 Å². The molecule has 5 aromatic rings. The normalized spacial score (nSPS) is 14.1. The maximum atomic E-state index is 13.0. The number of hydrogen-bond donors (Lipinski definition) is 0. The van der Waals surface area contributed by atoms with Gasteiger partial charge in [0.25, 0.3) is 0 Å². The Morgan fingerprint density at radius 3 is 2.46 bits per heavy atom. The van der Waals surface area contributed by atoms with Gasteiger partial charge in [0.2, 0.25) is 5.90 Å². The number of rotatable bonds is 5. The molecule has 0 unspecified atom stereocenters. The van der Waals surface area contributed by atoms with Gasteiger partial charge >= 0.3 is 11.6 Å². The lowest BCUT2D eigenvalue weighted by Gasteiger charge is -2.01. The van der Waals surface area contributed by atoms with Crippen molar-refractivity contribution in [3.63, 3.8) is 0 Å². The molecule has 0 saturated heterocycles. The van der Waals surface area contributed by atoms with E-state index in [0.717, 1.165) is 11.1 Å². The lowest BCUT2D eigenvalue weighted by Crippen LogP contribution is -2.05. The van der Waals surface area contributed by atoms with Gasteiger partial charge in [0, 0.05) is 22.7 Å². The van der Waals surface area contributed by atoms with E-state index in [1.165, 1.54) is 0 Å². The number of fused-ring (bicyclic) bond motifs is 1. The van der Waals surface area contributed by atoms with Gasteiger partial charge in [0.1, 0.15) is 17.0 Å². The molecule has 0 saturated carbocycles. The van der Waals surface area contributed by atoms with Crippen molar-refractivity contribution in [2.45, 2.75) is 0 Å². The van der Waals surface area contributed by atoms with E-state index in [1.807, 2.05) is 42.5 Å². The van der Waals surface area contributed by atoms with E-state index in [2.05, 4.69) is 10.1 Å². The summed E-state index contributed by atoms with van der Waals surface area (Å²) in [5.74, 6) is 0.257. The SMILES string of the molecule is COc1ccc(C2=NC(=Cc3cn(-c4ccccc4)nc3-c3cc4ccccc4oc3=O)C(=O)O2)cc1. The van der Waals surface area contributed by atoms with Crippen LogP contribution in [0.4, 0.5) is 0 Å². The summed E-state index contributed by atoms with van der Waals surface area (Å²) in [7, 11) is 1.58. The number of cyclic esters (lactones) is 1. The fourth-order valence-corrected chi connectivity index (χ4v) is 4.06. The smallest absolute Gasteiger partial charge is 0.363 e. The molecule has 1 aliphatic heterocycles. The Balaban J connectivity index is 1.48. The number of aliphatic imine (C=N–C) groups is 1. The van der Waals surface area contributed by atoms with Crippen molar-refractivity contribution in [3.8, 4) is 22.7 Å². The number of hydrogen-bond acceptors (Lipinski definition) is 7. The molecule has 180 valence electrons. The van der Waals surface area contributed by atoms with Crippen LogP contribution in [0.3, 0.4) is 0 Å². The van der Waals surface area contributed by atoms with Gasteiger partial charge in [0.05, 0.1) is 18.4 Å².